The number of rotatable bonds is 4. The number of benzene rings is 1. The molecule has 0 atom stereocenters. The molecule has 0 saturated heterocycles. The highest BCUT2D eigenvalue weighted by Gasteiger charge is 2.20. The molecule has 0 unspecified atom stereocenters. The molecule has 6 heteroatoms. The Morgan fingerprint density at radius 1 is 1.30 bits per heavy atom. The Morgan fingerprint density at radius 3 is 2.74 bits per heavy atom. The van der Waals surface area contributed by atoms with Gasteiger partial charge in [-0.05, 0) is 19.4 Å². The lowest BCUT2D eigenvalue weighted by atomic mass is 10.2. The van der Waals surface area contributed by atoms with Crippen LogP contribution < -0.4 is 5.56 Å². The number of aryl methyl sites for hydroxylation is 1. The van der Waals surface area contributed by atoms with Crippen molar-refractivity contribution in [1.82, 2.24) is 19.5 Å². The van der Waals surface area contributed by atoms with Gasteiger partial charge >= 0.3 is 0 Å². The second kappa shape index (κ2) is 6.08. The van der Waals surface area contributed by atoms with E-state index in [-0.39, 0.29) is 11.5 Å². The molecule has 0 aliphatic heterocycles. The van der Waals surface area contributed by atoms with Crippen LogP contribution in [-0.2, 0) is 6.54 Å². The lowest BCUT2D eigenvalue weighted by molar-refractivity contribution is 0.0754. The summed E-state index contributed by atoms with van der Waals surface area (Å²) in [6.07, 6.45) is 1.54. The number of carbonyl (C=O) groups is 1. The predicted octanol–water partition coefficient (Wildman–Crippen LogP) is 1.99. The zero-order valence-electron chi connectivity index (χ0n) is 13.1. The quantitative estimate of drug-likeness (QED) is 0.801. The maximum atomic E-state index is 12.8. The predicted molar refractivity (Wildman–Crippen MR) is 87.4 cm³/mol. The van der Waals surface area contributed by atoms with Gasteiger partial charge in [0.15, 0.2) is 5.65 Å². The highest BCUT2D eigenvalue weighted by atomic mass is 16.2. The van der Waals surface area contributed by atoms with E-state index in [1.165, 1.54) is 10.6 Å². The molecule has 0 fully saturated rings. The van der Waals surface area contributed by atoms with E-state index < -0.39 is 0 Å². The largest absolute Gasteiger partial charge is 0.334 e. The number of aromatic nitrogens is 3. The SMILES string of the molecule is CCN(Cc1ccccc1)C(=O)c1c[nH]n2c(=O)cc(C)nc12. The maximum absolute atomic E-state index is 12.8. The Morgan fingerprint density at radius 2 is 2.04 bits per heavy atom. The van der Waals surface area contributed by atoms with E-state index in [9.17, 15) is 9.59 Å². The summed E-state index contributed by atoms with van der Waals surface area (Å²) >= 11 is 0. The van der Waals surface area contributed by atoms with E-state index in [1.54, 1.807) is 18.0 Å². The molecule has 118 valence electrons. The molecule has 2 heterocycles. The summed E-state index contributed by atoms with van der Waals surface area (Å²) in [5.74, 6) is -0.146. The molecule has 3 aromatic rings. The first-order chi connectivity index (χ1) is 11.1. The topological polar surface area (TPSA) is 70.5 Å². The van der Waals surface area contributed by atoms with Gasteiger partial charge in [0, 0.05) is 31.0 Å². The minimum atomic E-state index is -0.224. The van der Waals surface area contributed by atoms with Crippen molar-refractivity contribution in [3.05, 3.63) is 69.8 Å². The first kappa shape index (κ1) is 15.0. The number of H-pyrrole nitrogens is 1. The van der Waals surface area contributed by atoms with Crippen molar-refractivity contribution in [3.8, 4) is 0 Å². The first-order valence-electron chi connectivity index (χ1n) is 7.51. The summed E-state index contributed by atoms with van der Waals surface area (Å²) in [5, 5.41) is 2.80. The monoisotopic (exact) mass is 310 g/mol. The molecule has 1 amide bonds. The highest BCUT2D eigenvalue weighted by molar-refractivity contribution is 5.99. The van der Waals surface area contributed by atoms with Gasteiger partial charge in [-0.2, -0.15) is 0 Å². The van der Waals surface area contributed by atoms with Crippen LogP contribution in [0.4, 0.5) is 0 Å². The third kappa shape index (κ3) is 2.88. The summed E-state index contributed by atoms with van der Waals surface area (Å²) < 4.78 is 1.29. The van der Waals surface area contributed by atoms with Gasteiger partial charge in [-0.1, -0.05) is 30.3 Å². The van der Waals surface area contributed by atoms with Crippen molar-refractivity contribution in [3.63, 3.8) is 0 Å². The Labute approximate surface area is 133 Å². The fourth-order valence-electron chi connectivity index (χ4n) is 2.55. The summed E-state index contributed by atoms with van der Waals surface area (Å²) in [7, 11) is 0. The number of carbonyl (C=O) groups excluding carboxylic acids is 1. The Balaban J connectivity index is 1.97. The van der Waals surface area contributed by atoms with Gasteiger partial charge in [0.1, 0.15) is 5.56 Å². The number of amides is 1. The zero-order valence-corrected chi connectivity index (χ0v) is 13.1. The minimum Gasteiger partial charge on any atom is -0.334 e. The van der Waals surface area contributed by atoms with Crippen molar-refractivity contribution in [2.75, 3.05) is 6.54 Å². The van der Waals surface area contributed by atoms with Crippen LogP contribution in [0.2, 0.25) is 0 Å². The van der Waals surface area contributed by atoms with Crippen LogP contribution in [0, 0.1) is 6.92 Å². The summed E-state index contributed by atoms with van der Waals surface area (Å²) in [6, 6.07) is 11.2. The van der Waals surface area contributed by atoms with E-state index in [2.05, 4.69) is 10.1 Å². The fraction of sp³-hybridized carbons (Fsp3) is 0.235. The molecule has 1 aromatic carbocycles. The van der Waals surface area contributed by atoms with E-state index in [0.29, 0.717) is 30.0 Å². The third-order valence-electron chi connectivity index (χ3n) is 3.74. The van der Waals surface area contributed by atoms with E-state index in [4.69, 9.17) is 0 Å². The molecule has 0 aliphatic rings. The van der Waals surface area contributed by atoms with Crippen LogP contribution in [0.1, 0.15) is 28.5 Å². The van der Waals surface area contributed by atoms with Crippen molar-refractivity contribution in [1.29, 1.82) is 0 Å². The molecule has 23 heavy (non-hydrogen) atoms. The molecule has 0 aliphatic carbocycles. The van der Waals surface area contributed by atoms with Gasteiger partial charge < -0.3 is 4.90 Å². The first-order valence-corrected chi connectivity index (χ1v) is 7.51. The average molecular weight is 310 g/mol. The normalized spacial score (nSPS) is 10.9. The Kier molecular flexibility index (Phi) is 3.97. The number of nitrogens with one attached hydrogen (secondary N) is 1. The highest BCUT2D eigenvalue weighted by Crippen LogP contribution is 2.13. The fourth-order valence-corrected chi connectivity index (χ4v) is 2.55. The summed E-state index contributed by atoms with van der Waals surface area (Å²) in [5.41, 5.74) is 2.20. The van der Waals surface area contributed by atoms with Crippen LogP contribution >= 0.6 is 0 Å². The van der Waals surface area contributed by atoms with Crippen molar-refractivity contribution >= 4 is 11.6 Å². The molecule has 0 saturated carbocycles. The molecule has 3 rings (SSSR count). The average Bonchev–Trinajstić information content (AvgIpc) is 2.97. The maximum Gasteiger partial charge on any atom is 0.272 e. The van der Waals surface area contributed by atoms with E-state index in [1.807, 2.05) is 37.3 Å². The molecule has 0 spiro atoms. The lowest BCUT2D eigenvalue weighted by Gasteiger charge is -2.20. The van der Waals surface area contributed by atoms with Crippen molar-refractivity contribution in [2.24, 2.45) is 0 Å². The number of aromatic amines is 1. The van der Waals surface area contributed by atoms with Crippen molar-refractivity contribution < 1.29 is 4.79 Å². The molecule has 0 radical (unpaired) electrons. The van der Waals surface area contributed by atoms with Gasteiger partial charge in [0.05, 0.1) is 0 Å². The van der Waals surface area contributed by atoms with E-state index in [0.717, 1.165) is 5.56 Å². The number of hydrogen-bond acceptors (Lipinski definition) is 3. The van der Waals surface area contributed by atoms with Crippen LogP contribution in [0.15, 0.2) is 47.4 Å². The molecule has 0 bridgehead atoms. The number of fused-ring (bicyclic) bond motifs is 1. The second-order valence-electron chi connectivity index (χ2n) is 5.39. The molecule has 6 nitrogen and oxygen atoms in total. The molecule has 1 N–H and O–H groups in total. The number of hydrogen-bond donors (Lipinski definition) is 1. The van der Waals surface area contributed by atoms with Crippen LogP contribution in [0.5, 0.6) is 0 Å². The Bertz CT molecular complexity index is 896. The lowest BCUT2D eigenvalue weighted by Crippen LogP contribution is -2.30. The minimum absolute atomic E-state index is 0.146. The second-order valence-corrected chi connectivity index (χ2v) is 5.39. The number of nitrogens with zero attached hydrogens (tertiary/aromatic N) is 3. The van der Waals surface area contributed by atoms with Gasteiger partial charge in [-0.15, -0.1) is 0 Å². The van der Waals surface area contributed by atoms with E-state index >= 15 is 0 Å². The summed E-state index contributed by atoms with van der Waals surface area (Å²) in [6.45, 7) is 4.76. The van der Waals surface area contributed by atoms with Crippen LogP contribution in [-0.4, -0.2) is 31.9 Å². The Hall–Kier alpha value is -2.89. The third-order valence-corrected chi connectivity index (χ3v) is 3.74. The molecular weight excluding hydrogens is 292 g/mol. The smallest absolute Gasteiger partial charge is 0.272 e. The van der Waals surface area contributed by atoms with Gasteiger partial charge in [-0.25, -0.2) is 9.50 Å². The zero-order chi connectivity index (χ0) is 16.4. The van der Waals surface area contributed by atoms with Crippen LogP contribution in [0.3, 0.4) is 0 Å². The van der Waals surface area contributed by atoms with Gasteiger partial charge in [-0.3, -0.25) is 14.7 Å². The van der Waals surface area contributed by atoms with Gasteiger partial charge in [0.2, 0.25) is 0 Å². The van der Waals surface area contributed by atoms with Gasteiger partial charge in [0.25, 0.3) is 11.5 Å². The van der Waals surface area contributed by atoms with Crippen LogP contribution in [0.25, 0.3) is 5.65 Å². The van der Waals surface area contributed by atoms with Crippen molar-refractivity contribution in [2.45, 2.75) is 20.4 Å². The molecular formula is C17H18N4O2. The standard InChI is InChI=1S/C17H18N4O2/c1-3-20(11-13-7-5-4-6-8-13)17(23)14-10-18-21-15(22)9-12(2)19-16(14)21/h4-10,18H,3,11H2,1-2H3. The molecule has 2 aromatic heterocycles. The summed E-state index contributed by atoms with van der Waals surface area (Å²) in [4.78, 5) is 30.8.